The maximum Gasteiger partial charge on any atom is 0.243 e. The molecular weight excluding hydrogens is 435 g/mol. The monoisotopic (exact) mass is 456 g/mol. The number of anilines is 1. The van der Waals surface area contributed by atoms with Gasteiger partial charge in [0.15, 0.2) is 0 Å². The molecule has 1 amide bonds. The van der Waals surface area contributed by atoms with Crippen LogP contribution in [-0.2, 0) is 14.8 Å². The maximum absolute atomic E-state index is 12.9. The number of halogens is 2. The lowest BCUT2D eigenvalue weighted by Crippen LogP contribution is -2.41. The second-order valence-corrected chi connectivity index (χ2v) is 9.68. The van der Waals surface area contributed by atoms with E-state index in [2.05, 4.69) is 5.32 Å². The van der Waals surface area contributed by atoms with Crippen LogP contribution >= 0.6 is 23.2 Å². The van der Waals surface area contributed by atoms with Crippen molar-refractivity contribution in [2.75, 3.05) is 25.5 Å². The van der Waals surface area contributed by atoms with Crippen LogP contribution in [0.25, 0.3) is 0 Å². The number of amides is 1. The maximum atomic E-state index is 12.9. The summed E-state index contributed by atoms with van der Waals surface area (Å²) in [6.07, 6.45) is 0.892. The first-order chi connectivity index (χ1) is 13.7. The average molecular weight is 457 g/mol. The van der Waals surface area contributed by atoms with E-state index in [-0.39, 0.29) is 29.8 Å². The normalized spacial score (nSPS) is 15.9. The molecule has 0 saturated carbocycles. The molecule has 1 aliphatic heterocycles. The van der Waals surface area contributed by atoms with E-state index in [4.69, 9.17) is 27.9 Å². The molecule has 3 rings (SSSR count). The summed E-state index contributed by atoms with van der Waals surface area (Å²) in [5.74, 6) is 0.218. The highest BCUT2D eigenvalue weighted by molar-refractivity contribution is 7.89. The third-order valence-corrected chi connectivity index (χ3v) is 7.65. The number of sulfonamides is 1. The van der Waals surface area contributed by atoms with Crippen molar-refractivity contribution in [1.82, 2.24) is 4.31 Å². The lowest BCUT2D eigenvalue weighted by molar-refractivity contribution is -0.120. The molecular formula is C20H22Cl2N2O4S. The number of methoxy groups -OCH3 is 1. The molecule has 0 atom stereocenters. The summed E-state index contributed by atoms with van der Waals surface area (Å²) in [7, 11) is -2.07. The van der Waals surface area contributed by atoms with Crippen molar-refractivity contribution in [2.45, 2.75) is 24.7 Å². The van der Waals surface area contributed by atoms with E-state index in [0.717, 1.165) is 5.56 Å². The predicted molar refractivity (Wildman–Crippen MR) is 114 cm³/mol. The standard InChI is InChI=1S/C20H22Cl2N2O4S/c1-13-11-16(4-6-19(13)28-2)29(26,27)24-9-7-14(8-10-24)20(25)23-15-3-5-17(21)18(22)12-15/h3-6,11-12,14H,7-10H2,1-2H3,(H,23,25). The molecule has 6 nitrogen and oxygen atoms in total. The fourth-order valence-electron chi connectivity index (χ4n) is 3.34. The number of ether oxygens (including phenoxy) is 1. The number of benzene rings is 2. The summed E-state index contributed by atoms with van der Waals surface area (Å²) in [6.45, 7) is 2.37. The predicted octanol–water partition coefficient (Wildman–Crippen LogP) is 4.35. The molecule has 2 aromatic carbocycles. The molecule has 1 aliphatic rings. The van der Waals surface area contributed by atoms with Crippen LogP contribution < -0.4 is 10.1 Å². The number of rotatable bonds is 5. The first-order valence-corrected chi connectivity index (χ1v) is 11.3. The molecule has 2 aromatic rings. The Balaban J connectivity index is 1.64. The molecule has 1 saturated heterocycles. The number of carbonyl (C=O) groups excluding carboxylic acids is 1. The first-order valence-electron chi connectivity index (χ1n) is 9.13. The molecule has 29 heavy (non-hydrogen) atoms. The number of aryl methyl sites for hydroxylation is 1. The highest BCUT2D eigenvalue weighted by Gasteiger charge is 2.32. The molecule has 1 heterocycles. The van der Waals surface area contributed by atoms with Crippen LogP contribution in [0.1, 0.15) is 18.4 Å². The molecule has 156 valence electrons. The summed E-state index contributed by atoms with van der Waals surface area (Å²) in [4.78, 5) is 12.8. The van der Waals surface area contributed by atoms with E-state index in [9.17, 15) is 13.2 Å². The van der Waals surface area contributed by atoms with Crippen LogP contribution in [0.3, 0.4) is 0 Å². The second kappa shape index (κ2) is 8.92. The van der Waals surface area contributed by atoms with Crippen LogP contribution in [0.4, 0.5) is 5.69 Å². The smallest absolute Gasteiger partial charge is 0.243 e. The van der Waals surface area contributed by atoms with Gasteiger partial charge in [0.25, 0.3) is 0 Å². The van der Waals surface area contributed by atoms with Crippen LogP contribution in [-0.4, -0.2) is 38.8 Å². The Morgan fingerprint density at radius 2 is 1.79 bits per heavy atom. The molecule has 0 unspecified atom stereocenters. The highest BCUT2D eigenvalue weighted by Crippen LogP contribution is 2.29. The van der Waals surface area contributed by atoms with Crippen LogP contribution in [0.2, 0.25) is 10.0 Å². The summed E-state index contributed by atoms with van der Waals surface area (Å²) in [5.41, 5.74) is 1.32. The van der Waals surface area contributed by atoms with Crippen molar-refractivity contribution in [2.24, 2.45) is 5.92 Å². The second-order valence-electron chi connectivity index (χ2n) is 6.93. The van der Waals surface area contributed by atoms with Crippen LogP contribution in [0, 0.1) is 12.8 Å². The third kappa shape index (κ3) is 4.86. The zero-order valence-electron chi connectivity index (χ0n) is 16.1. The van der Waals surface area contributed by atoms with Crippen molar-refractivity contribution < 1.29 is 17.9 Å². The SMILES string of the molecule is COc1ccc(S(=O)(=O)N2CCC(C(=O)Nc3ccc(Cl)c(Cl)c3)CC2)cc1C. The first kappa shape index (κ1) is 21.9. The highest BCUT2D eigenvalue weighted by atomic mass is 35.5. The zero-order valence-corrected chi connectivity index (χ0v) is 18.4. The van der Waals surface area contributed by atoms with Gasteiger partial charge in [-0.15, -0.1) is 0 Å². The van der Waals surface area contributed by atoms with Gasteiger partial charge in [0.1, 0.15) is 5.75 Å². The van der Waals surface area contributed by atoms with E-state index in [1.165, 1.54) is 4.31 Å². The summed E-state index contributed by atoms with van der Waals surface area (Å²) < 4.78 is 32.5. The number of nitrogens with zero attached hydrogens (tertiary/aromatic N) is 1. The molecule has 0 aliphatic carbocycles. The van der Waals surface area contributed by atoms with Gasteiger partial charge in [0.05, 0.1) is 22.1 Å². The van der Waals surface area contributed by atoms with Gasteiger partial charge in [-0.25, -0.2) is 8.42 Å². The number of nitrogens with one attached hydrogen (secondary N) is 1. The Kier molecular flexibility index (Phi) is 6.73. The van der Waals surface area contributed by atoms with Gasteiger partial charge in [0, 0.05) is 24.7 Å². The minimum absolute atomic E-state index is 0.152. The fraction of sp³-hybridized carbons (Fsp3) is 0.350. The van der Waals surface area contributed by atoms with Gasteiger partial charge in [-0.3, -0.25) is 4.79 Å². The molecule has 1 N–H and O–H groups in total. The van der Waals surface area contributed by atoms with Crippen LogP contribution in [0.5, 0.6) is 5.75 Å². The molecule has 0 radical (unpaired) electrons. The quantitative estimate of drug-likeness (QED) is 0.725. The van der Waals surface area contributed by atoms with Crippen molar-refractivity contribution >= 4 is 44.8 Å². The van der Waals surface area contributed by atoms with Crippen LogP contribution in [0.15, 0.2) is 41.3 Å². The van der Waals surface area contributed by atoms with E-state index in [1.807, 2.05) is 0 Å². The number of carbonyl (C=O) groups is 1. The molecule has 9 heteroatoms. The van der Waals surface area contributed by atoms with Gasteiger partial charge in [-0.1, -0.05) is 23.2 Å². The molecule has 0 bridgehead atoms. The van der Waals surface area contributed by atoms with E-state index in [0.29, 0.717) is 34.3 Å². The molecule has 0 spiro atoms. The summed E-state index contributed by atoms with van der Waals surface area (Å²) >= 11 is 11.9. The van der Waals surface area contributed by atoms with Crippen molar-refractivity contribution in [3.63, 3.8) is 0 Å². The number of piperidine rings is 1. The average Bonchev–Trinajstić information content (AvgIpc) is 2.70. The van der Waals surface area contributed by atoms with Gasteiger partial charge in [0.2, 0.25) is 15.9 Å². The lowest BCUT2D eigenvalue weighted by atomic mass is 9.97. The summed E-state index contributed by atoms with van der Waals surface area (Å²) in [5, 5.41) is 3.60. The molecule has 1 fully saturated rings. The summed E-state index contributed by atoms with van der Waals surface area (Å²) in [6, 6.07) is 9.69. The Labute approximate surface area is 180 Å². The third-order valence-electron chi connectivity index (χ3n) is 5.02. The Bertz CT molecular complexity index is 1020. The topological polar surface area (TPSA) is 75.7 Å². The lowest BCUT2D eigenvalue weighted by Gasteiger charge is -2.30. The van der Waals surface area contributed by atoms with Gasteiger partial charge in [-0.2, -0.15) is 4.31 Å². The molecule has 0 aromatic heterocycles. The Morgan fingerprint density at radius 1 is 1.10 bits per heavy atom. The fourth-order valence-corrected chi connectivity index (χ4v) is 5.19. The van der Waals surface area contributed by atoms with Gasteiger partial charge in [-0.05, 0) is 61.7 Å². The Hall–Kier alpha value is -1.80. The number of hydrogen-bond donors (Lipinski definition) is 1. The largest absolute Gasteiger partial charge is 0.496 e. The van der Waals surface area contributed by atoms with E-state index in [1.54, 1.807) is 50.4 Å². The van der Waals surface area contributed by atoms with Crippen molar-refractivity contribution in [3.05, 3.63) is 52.0 Å². The zero-order chi connectivity index (χ0) is 21.2. The number of hydrogen-bond acceptors (Lipinski definition) is 4. The van der Waals surface area contributed by atoms with Gasteiger partial charge < -0.3 is 10.1 Å². The van der Waals surface area contributed by atoms with Crippen molar-refractivity contribution in [3.8, 4) is 5.75 Å². The van der Waals surface area contributed by atoms with Crippen molar-refractivity contribution in [1.29, 1.82) is 0 Å². The Morgan fingerprint density at radius 3 is 2.38 bits per heavy atom. The minimum Gasteiger partial charge on any atom is -0.496 e. The van der Waals surface area contributed by atoms with Gasteiger partial charge >= 0.3 is 0 Å². The van der Waals surface area contributed by atoms with E-state index >= 15 is 0 Å². The van der Waals surface area contributed by atoms with E-state index < -0.39 is 10.0 Å². The minimum atomic E-state index is -3.61.